The summed E-state index contributed by atoms with van der Waals surface area (Å²) in [5, 5.41) is 8.39. The second kappa shape index (κ2) is 6.94. The molecule has 0 bridgehead atoms. The smallest absolute Gasteiger partial charge is 0.338 e. The van der Waals surface area contributed by atoms with Crippen molar-refractivity contribution in [1.82, 2.24) is 19.7 Å². The van der Waals surface area contributed by atoms with Gasteiger partial charge in [0.05, 0.1) is 22.0 Å². The van der Waals surface area contributed by atoms with Crippen LogP contribution in [0.15, 0.2) is 37.9 Å². The van der Waals surface area contributed by atoms with Gasteiger partial charge in [-0.3, -0.25) is 9.36 Å². The first-order valence-corrected chi connectivity index (χ1v) is 9.60. The molecule has 1 aromatic carbocycles. The van der Waals surface area contributed by atoms with Crippen LogP contribution in [0.4, 0.5) is 0 Å². The Morgan fingerprint density at radius 3 is 2.87 bits per heavy atom. The predicted molar refractivity (Wildman–Crippen MR) is 105 cm³/mol. The number of nitrogens with zero attached hydrogens (tertiary/aromatic N) is 4. The van der Waals surface area contributed by atoms with Crippen molar-refractivity contribution in [3.8, 4) is 11.5 Å². The first-order valence-electron chi connectivity index (χ1n) is 9.60. The SMILES string of the molecule is Cc1cc(-c2nnc(COC(=O)c3ccc4c(=O)n5c(nc4c3)CCC5)o2)c(C)o1. The number of ether oxygens (including phenoxy) is 1. The van der Waals surface area contributed by atoms with Crippen molar-refractivity contribution in [2.45, 2.75) is 39.8 Å². The lowest BCUT2D eigenvalue weighted by atomic mass is 10.1. The fraction of sp³-hybridized carbons (Fsp3) is 0.286. The quantitative estimate of drug-likeness (QED) is 0.475. The van der Waals surface area contributed by atoms with Gasteiger partial charge in [-0.05, 0) is 44.5 Å². The van der Waals surface area contributed by atoms with E-state index in [4.69, 9.17) is 13.6 Å². The summed E-state index contributed by atoms with van der Waals surface area (Å²) >= 11 is 0. The van der Waals surface area contributed by atoms with Crippen molar-refractivity contribution in [2.75, 3.05) is 0 Å². The monoisotopic (exact) mass is 406 g/mol. The highest BCUT2D eigenvalue weighted by molar-refractivity contribution is 5.94. The molecule has 3 aromatic heterocycles. The van der Waals surface area contributed by atoms with E-state index in [2.05, 4.69) is 15.2 Å². The Hall–Kier alpha value is -3.75. The molecule has 0 aliphatic carbocycles. The van der Waals surface area contributed by atoms with Gasteiger partial charge in [-0.25, -0.2) is 9.78 Å². The zero-order valence-electron chi connectivity index (χ0n) is 16.5. The Labute approximate surface area is 170 Å². The fourth-order valence-corrected chi connectivity index (χ4v) is 3.69. The van der Waals surface area contributed by atoms with Crippen molar-refractivity contribution < 1.29 is 18.4 Å². The maximum atomic E-state index is 12.5. The highest BCUT2D eigenvalue weighted by Gasteiger charge is 2.19. The van der Waals surface area contributed by atoms with Crippen molar-refractivity contribution in [3.63, 3.8) is 0 Å². The zero-order chi connectivity index (χ0) is 20.8. The maximum absolute atomic E-state index is 12.5. The van der Waals surface area contributed by atoms with Crippen molar-refractivity contribution >= 4 is 16.9 Å². The molecule has 5 rings (SSSR count). The van der Waals surface area contributed by atoms with E-state index in [1.54, 1.807) is 35.8 Å². The minimum atomic E-state index is -0.561. The molecule has 0 spiro atoms. The number of aryl methyl sites for hydroxylation is 3. The number of esters is 1. The Kier molecular flexibility index (Phi) is 4.23. The standard InChI is InChI=1S/C21H18N4O5/c1-11-8-15(12(2)29-11)19-24-23-18(30-19)10-28-21(27)13-5-6-14-16(9-13)22-17-4-3-7-25(17)20(14)26/h5-6,8-9H,3-4,7,10H2,1-2H3. The van der Waals surface area contributed by atoms with Crippen LogP contribution in [-0.2, 0) is 24.3 Å². The van der Waals surface area contributed by atoms with E-state index in [1.165, 1.54) is 0 Å². The van der Waals surface area contributed by atoms with E-state index in [9.17, 15) is 9.59 Å². The number of hydrogen-bond donors (Lipinski definition) is 0. The van der Waals surface area contributed by atoms with Crippen molar-refractivity contribution in [2.24, 2.45) is 0 Å². The Balaban J connectivity index is 1.33. The average molecular weight is 406 g/mol. The molecule has 0 atom stereocenters. The molecule has 152 valence electrons. The summed E-state index contributed by atoms with van der Waals surface area (Å²) in [4.78, 5) is 29.5. The van der Waals surface area contributed by atoms with Gasteiger partial charge in [-0.1, -0.05) is 0 Å². The molecule has 9 nitrogen and oxygen atoms in total. The van der Waals surface area contributed by atoms with Crippen LogP contribution in [0.1, 0.15) is 40.0 Å². The van der Waals surface area contributed by atoms with Crippen LogP contribution >= 0.6 is 0 Å². The molecule has 0 fully saturated rings. The largest absolute Gasteiger partial charge is 0.466 e. The number of carbonyl (C=O) groups is 1. The molecule has 30 heavy (non-hydrogen) atoms. The van der Waals surface area contributed by atoms with Gasteiger partial charge >= 0.3 is 5.97 Å². The Morgan fingerprint density at radius 1 is 1.20 bits per heavy atom. The highest BCUT2D eigenvalue weighted by atomic mass is 16.5. The second-order valence-corrected chi connectivity index (χ2v) is 7.22. The third kappa shape index (κ3) is 3.08. The lowest BCUT2D eigenvalue weighted by Gasteiger charge is -2.06. The van der Waals surface area contributed by atoms with Crippen LogP contribution in [0, 0.1) is 13.8 Å². The first kappa shape index (κ1) is 18.3. The maximum Gasteiger partial charge on any atom is 0.338 e. The van der Waals surface area contributed by atoms with E-state index < -0.39 is 5.97 Å². The van der Waals surface area contributed by atoms with Crippen molar-refractivity contribution in [1.29, 1.82) is 0 Å². The number of furan rings is 1. The molecule has 1 aliphatic rings. The minimum absolute atomic E-state index is 0.0735. The van der Waals surface area contributed by atoms with Crippen LogP contribution in [-0.4, -0.2) is 25.7 Å². The summed E-state index contributed by atoms with van der Waals surface area (Å²) in [7, 11) is 0. The average Bonchev–Trinajstić information content (AvgIpc) is 3.45. The zero-order valence-corrected chi connectivity index (χ0v) is 16.5. The predicted octanol–water partition coefficient (Wildman–Crippen LogP) is 2.96. The van der Waals surface area contributed by atoms with E-state index >= 15 is 0 Å². The molecule has 4 aromatic rings. The molecular weight excluding hydrogens is 388 g/mol. The van der Waals surface area contributed by atoms with Crippen molar-refractivity contribution in [3.05, 3.63) is 63.4 Å². The molecule has 1 aliphatic heterocycles. The molecule has 0 unspecified atom stereocenters. The second-order valence-electron chi connectivity index (χ2n) is 7.22. The van der Waals surface area contributed by atoms with Gasteiger partial charge in [-0.2, -0.15) is 0 Å². The van der Waals surface area contributed by atoms with E-state index in [0.717, 1.165) is 24.4 Å². The molecule has 0 N–H and O–H groups in total. The lowest BCUT2D eigenvalue weighted by Crippen LogP contribution is -2.21. The molecular formula is C21H18N4O5. The van der Waals surface area contributed by atoms with E-state index in [1.807, 2.05) is 6.92 Å². The Morgan fingerprint density at radius 2 is 2.07 bits per heavy atom. The number of carbonyl (C=O) groups excluding carboxylic acids is 1. The molecule has 0 saturated heterocycles. The summed E-state index contributed by atoms with van der Waals surface area (Å²) in [6.07, 6.45) is 1.66. The van der Waals surface area contributed by atoms with Crippen LogP contribution in [0.2, 0.25) is 0 Å². The summed E-state index contributed by atoms with van der Waals surface area (Å²) in [5.74, 6) is 2.08. The van der Waals surface area contributed by atoms with Crippen LogP contribution in [0.3, 0.4) is 0 Å². The number of benzene rings is 1. The van der Waals surface area contributed by atoms with Gasteiger partial charge in [0.15, 0.2) is 6.61 Å². The van der Waals surface area contributed by atoms with Gasteiger partial charge in [-0.15, -0.1) is 10.2 Å². The van der Waals surface area contributed by atoms with Gasteiger partial charge in [0.2, 0.25) is 0 Å². The number of hydrogen-bond acceptors (Lipinski definition) is 8. The van der Waals surface area contributed by atoms with Gasteiger partial charge in [0, 0.05) is 13.0 Å². The number of fused-ring (bicyclic) bond motifs is 2. The van der Waals surface area contributed by atoms with Gasteiger partial charge in [0.25, 0.3) is 17.3 Å². The van der Waals surface area contributed by atoms with E-state index in [0.29, 0.717) is 40.2 Å². The number of rotatable bonds is 4. The van der Waals surface area contributed by atoms with Gasteiger partial charge in [0.1, 0.15) is 17.3 Å². The summed E-state index contributed by atoms with van der Waals surface area (Å²) in [5.41, 5.74) is 1.43. The normalized spacial score (nSPS) is 13.0. The topological polar surface area (TPSA) is 113 Å². The molecule has 0 saturated carbocycles. The molecule has 9 heteroatoms. The van der Waals surface area contributed by atoms with E-state index in [-0.39, 0.29) is 18.1 Å². The molecule has 0 amide bonds. The van der Waals surface area contributed by atoms with Crippen LogP contribution in [0.5, 0.6) is 0 Å². The highest BCUT2D eigenvalue weighted by Crippen LogP contribution is 2.25. The Bertz CT molecular complexity index is 1350. The van der Waals surface area contributed by atoms with Gasteiger partial charge < -0.3 is 13.6 Å². The third-order valence-electron chi connectivity index (χ3n) is 5.12. The van der Waals surface area contributed by atoms with Crippen LogP contribution in [0.25, 0.3) is 22.4 Å². The number of aromatic nitrogens is 4. The first-order chi connectivity index (χ1) is 14.5. The summed E-state index contributed by atoms with van der Waals surface area (Å²) in [6, 6.07) is 6.56. The molecule has 0 radical (unpaired) electrons. The molecule has 4 heterocycles. The minimum Gasteiger partial charge on any atom is -0.466 e. The fourth-order valence-electron chi connectivity index (χ4n) is 3.69. The lowest BCUT2D eigenvalue weighted by molar-refractivity contribution is 0.0439. The van der Waals surface area contributed by atoms with Crippen LogP contribution < -0.4 is 5.56 Å². The third-order valence-corrected chi connectivity index (χ3v) is 5.12. The summed E-state index contributed by atoms with van der Waals surface area (Å²) in [6.45, 7) is 4.16. The summed E-state index contributed by atoms with van der Waals surface area (Å²) < 4.78 is 18.0.